The van der Waals surface area contributed by atoms with Crippen molar-refractivity contribution in [2.24, 2.45) is 0 Å². The maximum atomic E-state index is 11.2. The summed E-state index contributed by atoms with van der Waals surface area (Å²) in [5.74, 6) is -0.288. The maximum absolute atomic E-state index is 11.2. The predicted octanol–water partition coefficient (Wildman–Crippen LogP) is 2.72. The Bertz CT molecular complexity index is 380. The average Bonchev–Trinajstić information content (AvgIpc) is 2.34. The van der Waals surface area contributed by atoms with Gasteiger partial charge in [0.2, 0.25) is 0 Å². The van der Waals surface area contributed by atoms with Crippen molar-refractivity contribution in [3.05, 3.63) is 35.9 Å². The lowest BCUT2D eigenvalue weighted by atomic mass is 10.2. The van der Waals surface area contributed by atoms with Crippen LogP contribution in [0.1, 0.15) is 18.9 Å². The lowest BCUT2D eigenvalue weighted by molar-refractivity contribution is -0.137. The van der Waals surface area contributed by atoms with Crippen LogP contribution in [0.5, 0.6) is 0 Å². The second-order valence-electron chi connectivity index (χ2n) is 3.99. The molecule has 0 N–H and O–H groups in total. The van der Waals surface area contributed by atoms with Crippen molar-refractivity contribution < 1.29 is 9.53 Å². The minimum Gasteiger partial charge on any atom is -0.463 e. The van der Waals surface area contributed by atoms with Gasteiger partial charge in [0, 0.05) is 25.9 Å². The van der Waals surface area contributed by atoms with Crippen molar-refractivity contribution in [2.75, 3.05) is 25.6 Å². The molecule has 3 heteroatoms. The molecule has 0 aliphatic carbocycles. The molecular weight excluding hydrogens is 214 g/mol. The Morgan fingerprint density at radius 3 is 2.47 bits per heavy atom. The summed E-state index contributed by atoms with van der Waals surface area (Å²) in [6, 6.07) is 7.96. The van der Waals surface area contributed by atoms with E-state index in [1.54, 1.807) is 6.08 Å². The van der Waals surface area contributed by atoms with Crippen LogP contribution in [-0.2, 0) is 9.53 Å². The number of anilines is 1. The Kier molecular flexibility index (Phi) is 5.27. The first kappa shape index (κ1) is 13.3. The quantitative estimate of drug-likeness (QED) is 0.578. The number of hydrogen-bond acceptors (Lipinski definition) is 3. The summed E-state index contributed by atoms with van der Waals surface area (Å²) in [5.41, 5.74) is 2.12. The normalized spacial score (nSPS) is 10.5. The first-order chi connectivity index (χ1) is 8.13. The largest absolute Gasteiger partial charge is 0.463 e. The van der Waals surface area contributed by atoms with Gasteiger partial charge in [-0.1, -0.05) is 19.1 Å². The lowest BCUT2D eigenvalue weighted by Crippen LogP contribution is -2.07. The third kappa shape index (κ3) is 4.72. The predicted molar refractivity (Wildman–Crippen MR) is 71.1 cm³/mol. The topological polar surface area (TPSA) is 29.5 Å². The minimum atomic E-state index is -0.288. The molecule has 0 aliphatic heterocycles. The molecule has 0 radical (unpaired) electrons. The molecule has 0 aromatic heterocycles. The summed E-state index contributed by atoms with van der Waals surface area (Å²) in [6.45, 7) is 2.44. The van der Waals surface area contributed by atoms with Gasteiger partial charge in [-0.15, -0.1) is 0 Å². The molecule has 0 amide bonds. The fraction of sp³-hybridized carbons (Fsp3) is 0.357. The standard InChI is InChI=1S/C14H19NO2/c1-4-11-17-14(16)10-7-12-5-8-13(9-6-12)15(2)3/h5-10H,4,11H2,1-3H3. The molecule has 0 bridgehead atoms. The summed E-state index contributed by atoms with van der Waals surface area (Å²) in [7, 11) is 3.99. The van der Waals surface area contributed by atoms with Crippen LogP contribution in [-0.4, -0.2) is 26.7 Å². The van der Waals surface area contributed by atoms with E-state index >= 15 is 0 Å². The second kappa shape index (κ2) is 6.74. The van der Waals surface area contributed by atoms with Gasteiger partial charge in [0.1, 0.15) is 0 Å². The lowest BCUT2D eigenvalue weighted by Gasteiger charge is -2.11. The fourth-order valence-electron chi connectivity index (χ4n) is 1.30. The molecule has 0 saturated carbocycles. The summed E-state index contributed by atoms with van der Waals surface area (Å²) in [6.07, 6.45) is 4.06. The maximum Gasteiger partial charge on any atom is 0.330 e. The molecule has 0 aliphatic rings. The smallest absolute Gasteiger partial charge is 0.330 e. The van der Waals surface area contributed by atoms with Crippen LogP contribution in [0.2, 0.25) is 0 Å². The molecule has 1 rings (SSSR count). The highest BCUT2D eigenvalue weighted by Gasteiger charge is 1.96. The van der Waals surface area contributed by atoms with Gasteiger partial charge in [0.25, 0.3) is 0 Å². The number of carbonyl (C=O) groups is 1. The van der Waals surface area contributed by atoms with Gasteiger partial charge in [0.15, 0.2) is 0 Å². The molecule has 1 aromatic rings. The Hall–Kier alpha value is -1.77. The molecule has 0 atom stereocenters. The summed E-state index contributed by atoms with van der Waals surface area (Å²) >= 11 is 0. The van der Waals surface area contributed by atoms with Crippen LogP contribution < -0.4 is 4.90 Å². The summed E-state index contributed by atoms with van der Waals surface area (Å²) < 4.78 is 4.94. The van der Waals surface area contributed by atoms with Crippen molar-refractivity contribution >= 4 is 17.7 Å². The number of hydrogen-bond donors (Lipinski definition) is 0. The SMILES string of the molecule is CCCOC(=O)C=Cc1ccc(N(C)C)cc1. The molecule has 0 saturated heterocycles. The Morgan fingerprint density at radius 1 is 1.29 bits per heavy atom. The molecule has 3 nitrogen and oxygen atoms in total. The van der Waals surface area contributed by atoms with E-state index in [-0.39, 0.29) is 5.97 Å². The van der Waals surface area contributed by atoms with E-state index in [9.17, 15) is 4.79 Å². The van der Waals surface area contributed by atoms with E-state index in [4.69, 9.17) is 4.74 Å². The van der Waals surface area contributed by atoms with E-state index in [0.29, 0.717) is 6.61 Å². The first-order valence-corrected chi connectivity index (χ1v) is 5.75. The van der Waals surface area contributed by atoms with Gasteiger partial charge >= 0.3 is 5.97 Å². The highest BCUT2D eigenvalue weighted by Crippen LogP contribution is 2.13. The van der Waals surface area contributed by atoms with Crippen LogP contribution in [0.3, 0.4) is 0 Å². The third-order valence-corrected chi connectivity index (χ3v) is 2.27. The van der Waals surface area contributed by atoms with Crippen LogP contribution in [0.25, 0.3) is 6.08 Å². The number of nitrogens with zero attached hydrogens (tertiary/aromatic N) is 1. The molecular formula is C14H19NO2. The van der Waals surface area contributed by atoms with E-state index in [2.05, 4.69) is 0 Å². The molecule has 17 heavy (non-hydrogen) atoms. The zero-order valence-electron chi connectivity index (χ0n) is 10.6. The Balaban J connectivity index is 2.56. The molecule has 1 aromatic carbocycles. The average molecular weight is 233 g/mol. The van der Waals surface area contributed by atoms with Crippen molar-refractivity contribution in [2.45, 2.75) is 13.3 Å². The van der Waals surface area contributed by atoms with Crippen LogP contribution >= 0.6 is 0 Å². The highest BCUT2D eigenvalue weighted by molar-refractivity contribution is 5.87. The number of benzene rings is 1. The third-order valence-electron chi connectivity index (χ3n) is 2.27. The van der Waals surface area contributed by atoms with Crippen LogP contribution in [0, 0.1) is 0 Å². The molecule has 92 valence electrons. The van der Waals surface area contributed by atoms with E-state index in [0.717, 1.165) is 17.7 Å². The zero-order chi connectivity index (χ0) is 12.7. The van der Waals surface area contributed by atoms with E-state index in [1.165, 1.54) is 6.08 Å². The summed E-state index contributed by atoms with van der Waals surface area (Å²) in [4.78, 5) is 13.3. The van der Waals surface area contributed by atoms with Crippen molar-refractivity contribution in [1.29, 1.82) is 0 Å². The molecule has 0 unspecified atom stereocenters. The van der Waals surface area contributed by atoms with E-state index < -0.39 is 0 Å². The minimum absolute atomic E-state index is 0.288. The number of carbonyl (C=O) groups excluding carboxylic acids is 1. The van der Waals surface area contributed by atoms with Crippen molar-refractivity contribution in [3.63, 3.8) is 0 Å². The van der Waals surface area contributed by atoms with Gasteiger partial charge in [-0.05, 0) is 30.2 Å². The molecule has 0 heterocycles. The number of rotatable bonds is 5. The molecule has 0 spiro atoms. The van der Waals surface area contributed by atoms with Gasteiger partial charge < -0.3 is 9.64 Å². The zero-order valence-corrected chi connectivity index (χ0v) is 10.6. The van der Waals surface area contributed by atoms with E-state index in [1.807, 2.05) is 50.2 Å². The van der Waals surface area contributed by atoms with Crippen molar-refractivity contribution in [3.8, 4) is 0 Å². The highest BCUT2D eigenvalue weighted by atomic mass is 16.5. The monoisotopic (exact) mass is 233 g/mol. The van der Waals surface area contributed by atoms with Gasteiger partial charge in [-0.3, -0.25) is 0 Å². The van der Waals surface area contributed by atoms with Gasteiger partial charge in [-0.2, -0.15) is 0 Å². The van der Waals surface area contributed by atoms with Crippen LogP contribution in [0.15, 0.2) is 30.3 Å². The van der Waals surface area contributed by atoms with Gasteiger partial charge in [-0.25, -0.2) is 4.79 Å². The van der Waals surface area contributed by atoms with Crippen molar-refractivity contribution in [1.82, 2.24) is 0 Å². The first-order valence-electron chi connectivity index (χ1n) is 5.75. The summed E-state index contributed by atoms with van der Waals surface area (Å²) in [5, 5.41) is 0. The number of ether oxygens (including phenoxy) is 1. The van der Waals surface area contributed by atoms with Crippen LogP contribution in [0.4, 0.5) is 5.69 Å². The van der Waals surface area contributed by atoms with Gasteiger partial charge in [0.05, 0.1) is 6.61 Å². The number of esters is 1. The Labute approximate surface area is 103 Å². The molecule has 0 fully saturated rings. The fourth-order valence-corrected chi connectivity index (χ4v) is 1.30. The Morgan fingerprint density at radius 2 is 1.94 bits per heavy atom. The second-order valence-corrected chi connectivity index (χ2v) is 3.99.